The van der Waals surface area contributed by atoms with Crippen LogP contribution in [0.25, 0.3) is 0 Å². The van der Waals surface area contributed by atoms with E-state index in [0.29, 0.717) is 0 Å². The molecule has 0 aliphatic rings. The average Bonchev–Trinajstić information content (AvgIpc) is 3.05. The normalized spacial score (nSPS) is 10.3. The Morgan fingerprint density at radius 1 is 0.265 bits per heavy atom. The van der Waals surface area contributed by atoms with Gasteiger partial charge in [0.2, 0.25) is 0 Å². The third-order valence-corrected chi connectivity index (χ3v) is 8.95. The van der Waals surface area contributed by atoms with Crippen molar-refractivity contribution in [3.05, 3.63) is 0 Å². The molecule has 0 saturated carbocycles. The maximum absolute atomic E-state index is 10.1. The standard InChI is InChI=1S/3C14H28O2.Ho/c3*1-2-3-4-5-6-7-8-9-10-11-12-13-14(15)16;/h3*2-13H2,1H3,(H,15,16);/q;;;+3/p-3. The number of carboxylic acid groups (broad SMARTS) is 3. The van der Waals surface area contributed by atoms with E-state index in [9.17, 15) is 29.7 Å². The molecule has 0 atom stereocenters. The summed E-state index contributed by atoms with van der Waals surface area (Å²) >= 11 is 0. The van der Waals surface area contributed by atoms with Gasteiger partial charge in [-0.25, -0.2) is 0 Å². The Morgan fingerprint density at radius 2 is 0.388 bits per heavy atom. The zero-order valence-electron chi connectivity index (χ0n) is 32.7. The predicted molar refractivity (Wildman–Crippen MR) is 198 cm³/mol. The Labute approximate surface area is 335 Å². The van der Waals surface area contributed by atoms with Crippen molar-refractivity contribution in [3.8, 4) is 0 Å². The number of carbonyl (C=O) groups is 3. The minimum Gasteiger partial charge on any atom is -0.550 e. The van der Waals surface area contributed by atoms with E-state index in [1.54, 1.807) is 0 Å². The molecule has 0 rings (SSSR count). The molecule has 0 aromatic carbocycles. The van der Waals surface area contributed by atoms with Crippen LogP contribution < -0.4 is 15.3 Å². The number of hydrogen-bond donors (Lipinski definition) is 0. The van der Waals surface area contributed by atoms with E-state index in [-0.39, 0.29) is 57.0 Å². The van der Waals surface area contributed by atoms with Gasteiger partial charge in [-0.15, -0.1) is 0 Å². The predicted octanol–water partition coefficient (Wildman–Crippen LogP) is 10.3. The number of carbonyl (C=O) groups excluding carboxylic acids is 3. The van der Waals surface area contributed by atoms with Crippen LogP contribution >= 0.6 is 0 Å². The number of aliphatic carboxylic acids is 3. The monoisotopic (exact) mass is 847 g/mol. The third-order valence-electron chi connectivity index (χ3n) is 8.95. The van der Waals surface area contributed by atoms with Gasteiger partial charge in [0.1, 0.15) is 0 Å². The van der Waals surface area contributed by atoms with Crippen molar-refractivity contribution in [1.29, 1.82) is 0 Å². The minimum absolute atomic E-state index is 0. The van der Waals surface area contributed by atoms with Crippen LogP contribution in [0.5, 0.6) is 0 Å². The number of hydrogen-bond acceptors (Lipinski definition) is 6. The minimum atomic E-state index is -0.907. The maximum atomic E-state index is 10.1. The average molecular weight is 847 g/mol. The van der Waals surface area contributed by atoms with E-state index in [1.807, 2.05) is 0 Å². The van der Waals surface area contributed by atoms with Crippen LogP contribution in [0.2, 0.25) is 0 Å². The molecule has 296 valence electrons. The molecule has 6 nitrogen and oxygen atoms in total. The van der Waals surface area contributed by atoms with Gasteiger partial charge in [-0.2, -0.15) is 0 Å². The first-order valence-electron chi connectivity index (χ1n) is 20.9. The Hall–Kier alpha value is -0.330. The van der Waals surface area contributed by atoms with Crippen LogP contribution in [0, 0.1) is 37.7 Å². The van der Waals surface area contributed by atoms with Gasteiger partial charge in [-0.1, -0.05) is 213 Å². The topological polar surface area (TPSA) is 120 Å². The van der Waals surface area contributed by atoms with Crippen molar-refractivity contribution >= 4 is 17.9 Å². The second-order valence-corrected chi connectivity index (χ2v) is 14.0. The molecule has 0 bridgehead atoms. The summed E-state index contributed by atoms with van der Waals surface area (Å²) in [6, 6.07) is 0. The van der Waals surface area contributed by atoms with Crippen molar-refractivity contribution in [2.45, 2.75) is 252 Å². The molecule has 0 spiro atoms. The first kappa shape index (κ1) is 55.4. The molecular weight excluding hydrogens is 765 g/mol. The van der Waals surface area contributed by atoms with Crippen LogP contribution in [0.15, 0.2) is 0 Å². The summed E-state index contributed by atoms with van der Waals surface area (Å²) in [5.74, 6) is -2.72. The van der Waals surface area contributed by atoms with Crippen molar-refractivity contribution in [2.75, 3.05) is 0 Å². The summed E-state index contributed by atoms with van der Waals surface area (Å²) in [7, 11) is 0. The Bertz CT molecular complexity index is 557. The SMILES string of the molecule is CCCCCCCCCCCCCC(=O)[O-].CCCCCCCCCCCCCC(=O)[O-].CCCCCCCCCCCCCC(=O)[O-].[Ho+3]. The van der Waals surface area contributed by atoms with Crippen LogP contribution in [0.4, 0.5) is 0 Å². The second-order valence-electron chi connectivity index (χ2n) is 14.0. The van der Waals surface area contributed by atoms with Crippen molar-refractivity contribution in [2.24, 2.45) is 0 Å². The Balaban J connectivity index is -0.000000307. The van der Waals surface area contributed by atoms with E-state index in [2.05, 4.69) is 20.8 Å². The zero-order valence-corrected chi connectivity index (χ0v) is 34.6. The molecule has 0 N–H and O–H groups in total. The molecule has 0 aromatic heterocycles. The van der Waals surface area contributed by atoms with Crippen molar-refractivity contribution < 1.29 is 67.4 Å². The zero-order chi connectivity index (χ0) is 36.2. The van der Waals surface area contributed by atoms with E-state index >= 15 is 0 Å². The van der Waals surface area contributed by atoms with Gasteiger partial charge >= 0.3 is 37.7 Å². The third kappa shape index (κ3) is 66.5. The quantitative estimate of drug-likeness (QED) is 0.0457. The summed E-state index contributed by atoms with van der Waals surface area (Å²) in [5, 5.41) is 30.4. The largest absolute Gasteiger partial charge is 3.00 e. The van der Waals surface area contributed by atoms with Gasteiger partial charge in [0.25, 0.3) is 0 Å². The summed E-state index contributed by atoms with van der Waals surface area (Å²) in [5.41, 5.74) is 0. The molecule has 0 heterocycles. The Kier molecular flexibility index (Phi) is 58.9. The molecule has 0 unspecified atom stereocenters. The van der Waals surface area contributed by atoms with Crippen LogP contribution in [0.3, 0.4) is 0 Å². The van der Waals surface area contributed by atoms with E-state index in [1.165, 1.54) is 173 Å². The fourth-order valence-corrected chi connectivity index (χ4v) is 5.80. The molecule has 0 aliphatic heterocycles. The van der Waals surface area contributed by atoms with E-state index in [0.717, 1.165) is 38.5 Å². The van der Waals surface area contributed by atoms with E-state index < -0.39 is 17.9 Å². The van der Waals surface area contributed by atoms with Gasteiger partial charge in [0.15, 0.2) is 0 Å². The van der Waals surface area contributed by atoms with Crippen molar-refractivity contribution in [1.82, 2.24) is 0 Å². The van der Waals surface area contributed by atoms with Gasteiger partial charge < -0.3 is 29.7 Å². The van der Waals surface area contributed by atoms with Crippen LogP contribution in [-0.4, -0.2) is 17.9 Å². The number of rotatable bonds is 36. The molecule has 49 heavy (non-hydrogen) atoms. The first-order chi connectivity index (χ1) is 23.3. The molecule has 0 aromatic rings. The maximum Gasteiger partial charge on any atom is 3.00 e. The Morgan fingerprint density at radius 3 is 0.510 bits per heavy atom. The fraction of sp³-hybridized carbons (Fsp3) is 0.929. The molecule has 0 aliphatic carbocycles. The van der Waals surface area contributed by atoms with Crippen LogP contribution in [0.1, 0.15) is 252 Å². The summed E-state index contributed by atoms with van der Waals surface area (Å²) in [6.45, 7) is 6.73. The van der Waals surface area contributed by atoms with Crippen molar-refractivity contribution in [3.63, 3.8) is 0 Å². The van der Waals surface area contributed by atoms with Gasteiger partial charge in [-0.3, -0.25) is 0 Å². The fourth-order valence-electron chi connectivity index (χ4n) is 5.80. The van der Waals surface area contributed by atoms with Crippen LogP contribution in [-0.2, 0) is 14.4 Å². The van der Waals surface area contributed by atoms with Gasteiger partial charge in [-0.05, 0) is 38.5 Å². The van der Waals surface area contributed by atoms with E-state index in [4.69, 9.17) is 0 Å². The summed E-state index contributed by atoms with van der Waals surface area (Å²) in [4.78, 5) is 30.4. The molecule has 0 radical (unpaired) electrons. The molecule has 0 amide bonds. The molecule has 7 heteroatoms. The second kappa shape index (κ2) is 52.0. The molecule has 0 fully saturated rings. The van der Waals surface area contributed by atoms with Gasteiger partial charge in [0, 0.05) is 17.9 Å². The molecule has 0 saturated heterocycles. The smallest absolute Gasteiger partial charge is 0.550 e. The summed E-state index contributed by atoms with van der Waals surface area (Å²) in [6.07, 6.45) is 42.1. The first-order valence-corrected chi connectivity index (χ1v) is 20.9. The number of carboxylic acids is 3. The number of unbranched alkanes of at least 4 members (excludes halogenated alkanes) is 30. The summed E-state index contributed by atoms with van der Waals surface area (Å²) < 4.78 is 0. The van der Waals surface area contributed by atoms with Gasteiger partial charge in [0.05, 0.1) is 0 Å². The molecular formula is C42H81HoO6.